The van der Waals surface area contributed by atoms with Crippen LogP contribution in [0.5, 0.6) is 0 Å². The van der Waals surface area contributed by atoms with Crippen LogP contribution in [0.4, 0.5) is 0 Å². The molecule has 2 saturated heterocycles. The Morgan fingerprint density at radius 3 is 2.47 bits per heavy atom. The van der Waals surface area contributed by atoms with Crippen LogP contribution in [0.3, 0.4) is 0 Å². The van der Waals surface area contributed by atoms with Crippen molar-refractivity contribution in [1.29, 1.82) is 0 Å². The molecule has 0 N–H and O–H groups in total. The quantitative estimate of drug-likeness (QED) is 0.0948. The van der Waals surface area contributed by atoms with Gasteiger partial charge in [-0.1, -0.05) is 50.5 Å². The van der Waals surface area contributed by atoms with E-state index in [0.717, 1.165) is 83.8 Å². The van der Waals surface area contributed by atoms with E-state index in [2.05, 4.69) is 31.2 Å². The largest absolute Gasteiger partial charge is 0.469 e. The summed E-state index contributed by atoms with van der Waals surface area (Å²) in [5.41, 5.74) is 0. The molecule has 1 aliphatic carbocycles. The summed E-state index contributed by atoms with van der Waals surface area (Å²) in [4.78, 5) is 11.4. The Bertz CT molecular complexity index is 700. The Hall–Kier alpha value is -0.860. The van der Waals surface area contributed by atoms with Crippen LogP contribution >= 0.6 is 12.6 Å². The molecular formula is C31H52O6S. The third kappa shape index (κ3) is 11.3. The molecule has 0 bridgehead atoms. The molecular weight excluding hydrogens is 500 g/mol. The lowest BCUT2D eigenvalue weighted by Gasteiger charge is -2.30. The topological polar surface area (TPSA) is 63.2 Å². The van der Waals surface area contributed by atoms with Gasteiger partial charge < -0.3 is 23.7 Å². The molecule has 2 aliphatic heterocycles. The van der Waals surface area contributed by atoms with Gasteiger partial charge in [0.1, 0.15) is 0 Å². The second-order valence-electron chi connectivity index (χ2n) is 11.0. The van der Waals surface area contributed by atoms with Crippen molar-refractivity contribution < 1.29 is 28.5 Å². The minimum atomic E-state index is -0.144. The molecule has 7 heteroatoms. The highest BCUT2D eigenvalue weighted by Crippen LogP contribution is 2.42. The molecule has 0 aromatic heterocycles. The average molecular weight is 553 g/mol. The van der Waals surface area contributed by atoms with E-state index >= 15 is 0 Å². The van der Waals surface area contributed by atoms with Crippen molar-refractivity contribution in [2.45, 2.75) is 133 Å². The molecule has 0 spiro atoms. The van der Waals surface area contributed by atoms with Crippen LogP contribution in [-0.2, 0) is 28.5 Å². The first-order valence-corrected chi connectivity index (χ1v) is 15.7. The number of esters is 1. The number of hydrogen-bond donors (Lipinski definition) is 1. The van der Waals surface area contributed by atoms with Crippen LogP contribution in [0.1, 0.15) is 103 Å². The summed E-state index contributed by atoms with van der Waals surface area (Å²) in [6.45, 7) is 3.82. The fraction of sp³-hybridized carbons (Fsp3) is 0.839. The van der Waals surface area contributed by atoms with Crippen molar-refractivity contribution in [3.05, 3.63) is 24.3 Å². The SMILES string of the molecule is CCCCC[C@@H](/C=C/[C@@H]1[C@@H](C/C=C\CCCC(=O)OC)[C@@H](S)C[C@H]1OC1CCCCO1)OC1CCCCO1. The third-order valence-electron chi connectivity index (χ3n) is 8.02. The molecule has 2 heterocycles. The van der Waals surface area contributed by atoms with E-state index in [-0.39, 0.29) is 41.9 Å². The molecule has 218 valence electrons. The monoisotopic (exact) mass is 552 g/mol. The zero-order valence-corrected chi connectivity index (χ0v) is 24.7. The zero-order chi connectivity index (χ0) is 27.0. The van der Waals surface area contributed by atoms with Crippen LogP contribution < -0.4 is 0 Å². The van der Waals surface area contributed by atoms with Crippen molar-refractivity contribution in [2.24, 2.45) is 11.8 Å². The van der Waals surface area contributed by atoms with Gasteiger partial charge in [-0.3, -0.25) is 4.79 Å². The number of unbranched alkanes of at least 4 members (excludes halogenated alkanes) is 3. The highest BCUT2D eigenvalue weighted by Gasteiger charge is 2.41. The van der Waals surface area contributed by atoms with Crippen LogP contribution in [0, 0.1) is 11.8 Å². The normalized spacial score (nSPS) is 31.2. The molecule has 7 atom stereocenters. The standard InChI is InChI=1S/C31H52O6S/c1-3-4-7-14-24(36-30-17-10-12-21-34-30)19-20-25-26(15-8-5-6-9-16-29(32)33-2)28(38)23-27(25)37-31-18-11-13-22-35-31/h5,8,19-20,24-28,30-31,38H,3-4,6-7,9-18,21-23H2,1-2H3/b8-5-,20-19+/t24-,25+,26+,27+,28-,30?,31?/m0/s1. The Balaban J connectivity index is 1.65. The number of allylic oxidation sites excluding steroid dienone is 2. The Labute approximate surface area is 236 Å². The van der Waals surface area contributed by atoms with E-state index < -0.39 is 0 Å². The summed E-state index contributed by atoms with van der Waals surface area (Å²) in [6, 6.07) is 0. The lowest BCUT2D eigenvalue weighted by Crippen LogP contribution is -2.31. The van der Waals surface area contributed by atoms with Crippen molar-refractivity contribution in [3.8, 4) is 0 Å². The van der Waals surface area contributed by atoms with E-state index in [1.807, 2.05) is 0 Å². The van der Waals surface area contributed by atoms with Gasteiger partial charge in [0.05, 0.1) is 19.3 Å². The fourth-order valence-electron chi connectivity index (χ4n) is 5.75. The Kier molecular flexibility index (Phi) is 15.4. The minimum absolute atomic E-state index is 0.0599. The number of methoxy groups -OCH3 is 1. The third-order valence-corrected chi connectivity index (χ3v) is 8.61. The molecule has 38 heavy (non-hydrogen) atoms. The minimum Gasteiger partial charge on any atom is -0.469 e. The summed E-state index contributed by atoms with van der Waals surface area (Å²) < 4.78 is 29.6. The highest BCUT2D eigenvalue weighted by molar-refractivity contribution is 7.81. The number of rotatable bonds is 16. The molecule has 0 aromatic rings. The molecule has 3 rings (SSSR count). The Morgan fingerprint density at radius 1 is 1.03 bits per heavy atom. The van der Waals surface area contributed by atoms with Gasteiger partial charge in [-0.25, -0.2) is 0 Å². The van der Waals surface area contributed by atoms with E-state index in [4.69, 9.17) is 36.3 Å². The summed E-state index contributed by atoms with van der Waals surface area (Å²) in [6.07, 6.45) is 24.2. The second-order valence-corrected chi connectivity index (χ2v) is 11.7. The van der Waals surface area contributed by atoms with E-state index in [0.29, 0.717) is 12.3 Å². The second kappa shape index (κ2) is 18.5. The van der Waals surface area contributed by atoms with Crippen molar-refractivity contribution in [2.75, 3.05) is 20.3 Å². The number of thiol groups is 1. The number of ether oxygens (including phenoxy) is 5. The van der Waals surface area contributed by atoms with E-state index in [9.17, 15) is 4.79 Å². The van der Waals surface area contributed by atoms with Gasteiger partial charge in [0.2, 0.25) is 0 Å². The molecule has 2 unspecified atom stereocenters. The maximum atomic E-state index is 11.4. The molecule has 0 aromatic carbocycles. The molecule has 0 radical (unpaired) electrons. The van der Waals surface area contributed by atoms with Gasteiger partial charge >= 0.3 is 5.97 Å². The maximum Gasteiger partial charge on any atom is 0.305 e. The van der Waals surface area contributed by atoms with Crippen molar-refractivity contribution in [1.82, 2.24) is 0 Å². The summed E-state index contributed by atoms with van der Waals surface area (Å²) in [5.74, 6) is 0.489. The van der Waals surface area contributed by atoms with Crippen molar-refractivity contribution >= 4 is 18.6 Å². The van der Waals surface area contributed by atoms with Gasteiger partial charge in [-0.05, 0) is 76.5 Å². The number of carbonyl (C=O) groups excluding carboxylic acids is 1. The molecule has 6 nitrogen and oxygen atoms in total. The average Bonchev–Trinajstić information content (AvgIpc) is 3.23. The predicted molar refractivity (Wildman–Crippen MR) is 154 cm³/mol. The number of hydrogen-bond acceptors (Lipinski definition) is 7. The van der Waals surface area contributed by atoms with E-state index in [1.54, 1.807) is 0 Å². The van der Waals surface area contributed by atoms with Crippen molar-refractivity contribution in [3.63, 3.8) is 0 Å². The smallest absolute Gasteiger partial charge is 0.305 e. The van der Waals surface area contributed by atoms with Gasteiger partial charge in [0.15, 0.2) is 12.6 Å². The first-order valence-electron chi connectivity index (χ1n) is 15.2. The lowest BCUT2D eigenvalue weighted by atomic mass is 9.90. The summed E-state index contributed by atoms with van der Waals surface area (Å²) in [7, 11) is 1.44. The van der Waals surface area contributed by atoms with Gasteiger partial charge in [-0.15, -0.1) is 0 Å². The maximum absolute atomic E-state index is 11.4. The van der Waals surface area contributed by atoms with Crippen LogP contribution in [0.25, 0.3) is 0 Å². The fourth-order valence-corrected chi connectivity index (χ4v) is 6.28. The highest BCUT2D eigenvalue weighted by atomic mass is 32.1. The lowest BCUT2D eigenvalue weighted by molar-refractivity contribution is -0.192. The molecule has 3 fully saturated rings. The predicted octanol–water partition coefficient (Wildman–Crippen LogP) is 7.17. The zero-order valence-electron chi connectivity index (χ0n) is 23.8. The molecule has 1 saturated carbocycles. The number of carbonyl (C=O) groups is 1. The van der Waals surface area contributed by atoms with Crippen LogP contribution in [0.2, 0.25) is 0 Å². The van der Waals surface area contributed by atoms with Crippen LogP contribution in [0.15, 0.2) is 24.3 Å². The molecule has 3 aliphatic rings. The van der Waals surface area contributed by atoms with Gasteiger partial charge in [-0.2, -0.15) is 12.6 Å². The van der Waals surface area contributed by atoms with Gasteiger partial charge in [0.25, 0.3) is 0 Å². The van der Waals surface area contributed by atoms with Crippen LogP contribution in [-0.4, -0.2) is 56.3 Å². The molecule has 0 amide bonds. The summed E-state index contributed by atoms with van der Waals surface area (Å²) in [5, 5.41) is 0.263. The van der Waals surface area contributed by atoms with E-state index in [1.165, 1.54) is 26.4 Å². The first kappa shape index (κ1) is 31.7. The first-order chi connectivity index (χ1) is 18.6. The van der Waals surface area contributed by atoms with Gasteiger partial charge in [0, 0.05) is 30.8 Å². The summed E-state index contributed by atoms with van der Waals surface area (Å²) >= 11 is 5.03. The Morgan fingerprint density at radius 2 is 1.79 bits per heavy atom.